The summed E-state index contributed by atoms with van der Waals surface area (Å²) in [5.41, 5.74) is 1.12. The Morgan fingerprint density at radius 2 is 1.88 bits per heavy atom. The number of nitrogens with one attached hydrogen (secondary N) is 1. The van der Waals surface area contributed by atoms with E-state index >= 15 is 0 Å². The van der Waals surface area contributed by atoms with Crippen molar-refractivity contribution in [2.24, 2.45) is 0 Å². The summed E-state index contributed by atoms with van der Waals surface area (Å²) < 4.78 is 5.60. The summed E-state index contributed by atoms with van der Waals surface area (Å²) >= 11 is 5.82. The number of hydrogen-bond acceptors (Lipinski definition) is 2. The summed E-state index contributed by atoms with van der Waals surface area (Å²) in [7, 11) is 0. The molecule has 0 fully saturated rings. The SMILES string of the molecule is CCOC(C)(C)CNCc1ccc(Cl)cc1. The molecule has 2 nitrogen and oxygen atoms in total. The lowest BCUT2D eigenvalue weighted by Crippen LogP contribution is -2.37. The van der Waals surface area contributed by atoms with E-state index in [0.29, 0.717) is 0 Å². The first kappa shape index (κ1) is 13.5. The van der Waals surface area contributed by atoms with Gasteiger partial charge in [0.05, 0.1) is 5.60 Å². The van der Waals surface area contributed by atoms with Crippen molar-refractivity contribution >= 4 is 11.6 Å². The molecule has 0 unspecified atom stereocenters. The van der Waals surface area contributed by atoms with Gasteiger partial charge in [0.1, 0.15) is 0 Å². The highest BCUT2D eigenvalue weighted by Gasteiger charge is 2.16. The number of ether oxygens (including phenoxy) is 1. The largest absolute Gasteiger partial charge is 0.375 e. The molecule has 1 aromatic carbocycles. The molecule has 1 rings (SSSR count). The van der Waals surface area contributed by atoms with Gasteiger partial charge in [-0.2, -0.15) is 0 Å². The van der Waals surface area contributed by atoms with Crippen molar-refractivity contribution in [3.05, 3.63) is 34.9 Å². The smallest absolute Gasteiger partial charge is 0.0750 e. The normalized spacial score (nSPS) is 11.8. The number of hydrogen-bond donors (Lipinski definition) is 1. The van der Waals surface area contributed by atoms with Gasteiger partial charge in [0.15, 0.2) is 0 Å². The van der Waals surface area contributed by atoms with Crippen LogP contribution in [-0.4, -0.2) is 18.8 Å². The lowest BCUT2D eigenvalue weighted by atomic mass is 10.1. The van der Waals surface area contributed by atoms with Gasteiger partial charge in [-0.3, -0.25) is 0 Å². The van der Waals surface area contributed by atoms with E-state index in [9.17, 15) is 0 Å². The Morgan fingerprint density at radius 1 is 1.25 bits per heavy atom. The molecule has 0 radical (unpaired) electrons. The molecule has 0 amide bonds. The van der Waals surface area contributed by atoms with Gasteiger partial charge >= 0.3 is 0 Å². The summed E-state index contributed by atoms with van der Waals surface area (Å²) in [5, 5.41) is 4.15. The molecule has 0 aliphatic rings. The fraction of sp³-hybridized carbons (Fsp3) is 0.538. The zero-order valence-corrected chi connectivity index (χ0v) is 11.0. The molecule has 0 saturated heterocycles. The standard InChI is InChI=1S/C13H20ClNO/c1-4-16-13(2,3)10-15-9-11-5-7-12(14)8-6-11/h5-8,15H,4,9-10H2,1-3H3. The molecule has 3 heteroatoms. The summed E-state index contributed by atoms with van der Waals surface area (Å²) in [6.07, 6.45) is 0. The van der Waals surface area contributed by atoms with E-state index in [1.807, 2.05) is 31.2 Å². The molecular formula is C13H20ClNO. The van der Waals surface area contributed by atoms with Crippen LogP contribution in [0.1, 0.15) is 26.3 Å². The molecule has 0 aromatic heterocycles. The van der Waals surface area contributed by atoms with Crippen LogP contribution in [-0.2, 0) is 11.3 Å². The zero-order chi connectivity index (χ0) is 12.0. The van der Waals surface area contributed by atoms with Crippen LogP contribution in [0.25, 0.3) is 0 Å². The Morgan fingerprint density at radius 3 is 2.44 bits per heavy atom. The highest BCUT2D eigenvalue weighted by molar-refractivity contribution is 6.30. The minimum absolute atomic E-state index is 0.110. The van der Waals surface area contributed by atoms with E-state index < -0.39 is 0 Å². The first-order valence-electron chi connectivity index (χ1n) is 5.62. The monoisotopic (exact) mass is 241 g/mol. The van der Waals surface area contributed by atoms with Crippen LogP contribution in [0, 0.1) is 0 Å². The average Bonchev–Trinajstić information content (AvgIpc) is 2.20. The Balaban J connectivity index is 2.32. The van der Waals surface area contributed by atoms with Crippen molar-refractivity contribution in [3.8, 4) is 0 Å². The quantitative estimate of drug-likeness (QED) is 0.826. The van der Waals surface area contributed by atoms with Gasteiger partial charge in [0.25, 0.3) is 0 Å². The highest BCUT2D eigenvalue weighted by atomic mass is 35.5. The Kier molecular flexibility index (Phi) is 5.26. The van der Waals surface area contributed by atoms with E-state index in [1.165, 1.54) is 5.56 Å². The minimum atomic E-state index is -0.110. The second-order valence-electron chi connectivity index (χ2n) is 4.42. The van der Waals surface area contributed by atoms with Gasteiger partial charge in [-0.25, -0.2) is 0 Å². The van der Waals surface area contributed by atoms with E-state index in [1.54, 1.807) is 0 Å². The van der Waals surface area contributed by atoms with Crippen molar-refractivity contribution in [1.29, 1.82) is 0 Å². The van der Waals surface area contributed by atoms with Crippen LogP contribution < -0.4 is 5.32 Å². The van der Waals surface area contributed by atoms with E-state index in [2.05, 4.69) is 19.2 Å². The Bertz CT molecular complexity index is 308. The summed E-state index contributed by atoms with van der Waals surface area (Å²) in [4.78, 5) is 0. The summed E-state index contributed by atoms with van der Waals surface area (Å²) in [6.45, 7) is 8.62. The van der Waals surface area contributed by atoms with Crippen molar-refractivity contribution in [3.63, 3.8) is 0 Å². The van der Waals surface area contributed by atoms with Gasteiger partial charge in [-0.05, 0) is 38.5 Å². The van der Waals surface area contributed by atoms with Crippen molar-refractivity contribution in [2.45, 2.75) is 32.9 Å². The average molecular weight is 242 g/mol. The number of benzene rings is 1. The first-order valence-corrected chi connectivity index (χ1v) is 6.00. The van der Waals surface area contributed by atoms with Crippen molar-refractivity contribution in [1.82, 2.24) is 5.32 Å². The van der Waals surface area contributed by atoms with E-state index in [-0.39, 0.29) is 5.60 Å². The van der Waals surface area contributed by atoms with Crippen LogP contribution in [0.15, 0.2) is 24.3 Å². The predicted molar refractivity (Wildman–Crippen MR) is 68.9 cm³/mol. The molecule has 0 aliphatic heterocycles. The predicted octanol–water partition coefficient (Wildman–Crippen LogP) is 3.24. The topological polar surface area (TPSA) is 21.3 Å². The highest BCUT2D eigenvalue weighted by Crippen LogP contribution is 2.10. The molecule has 0 saturated carbocycles. The fourth-order valence-corrected chi connectivity index (χ4v) is 1.68. The third-order valence-electron chi connectivity index (χ3n) is 2.33. The fourth-order valence-electron chi connectivity index (χ4n) is 1.55. The lowest BCUT2D eigenvalue weighted by Gasteiger charge is -2.25. The first-order chi connectivity index (χ1) is 7.53. The maximum absolute atomic E-state index is 5.82. The molecule has 1 aromatic rings. The third-order valence-corrected chi connectivity index (χ3v) is 2.58. The molecule has 0 aliphatic carbocycles. The van der Waals surface area contributed by atoms with E-state index in [4.69, 9.17) is 16.3 Å². The Hall–Kier alpha value is -0.570. The van der Waals surface area contributed by atoms with Crippen molar-refractivity contribution < 1.29 is 4.74 Å². The van der Waals surface area contributed by atoms with E-state index in [0.717, 1.165) is 24.7 Å². The molecule has 0 atom stereocenters. The molecular weight excluding hydrogens is 222 g/mol. The van der Waals surface area contributed by atoms with Crippen LogP contribution >= 0.6 is 11.6 Å². The molecule has 0 spiro atoms. The molecule has 0 heterocycles. The molecule has 1 N–H and O–H groups in total. The molecule has 0 bridgehead atoms. The van der Waals surface area contributed by atoms with Crippen LogP contribution in [0.2, 0.25) is 5.02 Å². The maximum atomic E-state index is 5.82. The van der Waals surface area contributed by atoms with Crippen LogP contribution in [0.3, 0.4) is 0 Å². The minimum Gasteiger partial charge on any atom is -0.375 e. The molecule has 16 heavy (non-hydrogen) atoms. The van der Waals surface area contributed by atoms with Crippen LogP contribution in [0.5, 0.6) is 0 Å². The summed E-state index contributed by atoms with van der Waals surface area (Å²) in [5.74, 6) is 0. The third kappa shape index (κ3) is 4.97. The summed E-state index contributed by atoms with van der Waals surface area (Å²) in [6, 6.07) is 7.88. The van der Waals surface area contributed by atoms with Gasteiger partial charge in [-0.1, -0.05) is 23.7 Å². The van der Waals surface area contributed by atoms with Gasteiger partial charge < -0.3 is 10.1 Å². The van der Waals surface area contributed by atoms with Crippen molar-refractivity contribution in [2.75, 3.05) is 13.2 Å². The van der Waals surface area contributed by atoms with Gasteiger partial charge in [0, 0.05) is 24.7 Å². The Labute approximate surface area is 103 Å². The second kappa shape index (κ2) is 6.24. The zero-order valence-electron chi connectivity index (χ0n) is 10.2. The van der Waals surface area contributed by atoms with Gasteiger partial charge in [-0.15, -0.1) is 0 Å². The number of halogens is 1. The second-order valence-corrected chi connectivity index (χ2v) is 4.86. The van der Waals surface area contributed by atoms with Crippen LogP contribution in [0.4, 0.5) is 0 Å². The lowest BCUT2D eigenvalue weighted by molar-refractivity contribution is -0.00897. The maximum Gasteiger partial charge on any atom is 0.0750 e. The molecule has 90 valence electrons. The van der Waals surface area contributed by atoms with Gasteiger partial charge in [0.2, 0.25) is 0 Å². The number of rotatable bonds is 6.